The van der Waals surface area contributed by atoms with Crippen LogP contribution in [-0.2, 0) is 15.0 Å². The number of rotatable bonds is 3. The van der Waals surface area contributed by atoms with Crippen molar-refractivity contribution in [1.82, 2.24) is 9.55 Å². The fourth-order valence-corrected chi connectivity index (χ4v) is 3.79. The molecule has 28 heavy (non-hydrogen) atoms. The Labute approximate surface area is 163 Å². The molecule has 0 atom stereocenters. The zero-order valence-electron chi connectivity index (χ0n) is 16.7. The minimum absolute atomic E-state index is 0.267. The van der Waals surface area contributed by atoms with Gasteiger partial charge < -0.3 is 14.0 Å². The van der Waals surface area contributed by atoms with Crippen molar-refractivity contribution in [2.24, 2.45) is 0 Å². The summed E-state index contributed by atoms with van der Waals surface area (Å²) in [7, 11) is 1.35. The van der Waals surface area contributed by atoms with Crippen LogP contribution in [0.1, 0.15) is 34.0 Å². The molecule has 0 N–H and O–H groups in total. The first-order chi connectivity index (χ1) is 13.3. The molecule has 4 rings (SSSR count). The smallest absolute Gasteiger partial charge is 0.337 e. The van der Waals surface area contributed by atoms with E-state index in [0.717, 1.165) is 16.6 Å². The van der Waals surface area contributed by atoms with Gasteiger partial charge >= 0.3 is 5.97 Å². The van der Waals surface area contributed by atoms with E-state index in [4.69, 9.17) is 14.5 Å². The number of nitrogens with zero attached hydrogens (tertiary/aromatic N) is 2. The first-order valence-electron chi connectivity index (χ1n) is 9.22. The Morgan fingerprint density at radius 2 is 1.93 bits per heavy atom. The number of esters is 1. The Morgan fingerprint density at radius 3 is 2.54 bits per heavy atom. The van der Waals surface area contributed by atoms with E-state index in [1.807, 2.05) is 24.5 Å². The fraction of sp³-hybridized carbons (Fsp3) is 0.364. The quantitative estimate of drug-likeness (QED) is 0.634. The van der Waals surface area contributed by atoms with Crippen molar-refractivity contribution in [3.8, 4) is 11.4 Å². The van der Waals surface area contributed by atoms with Crippen molar-refractivity contribution in [3.63, 3.8) is 0 Å². The van der Waals surface area contributed by atoms with Crippen LogP contribution in [0.4, 0.5) is 4.39 Å². The van der Waals surface area contributed by atoms with Gasteiger partial charge in [0.05, 0.1) is 48.0 Å². The number of benzene rings is 2. The zero-order valence-corrected chi connectivity index (χ0v) is 16.7. The molecule has 0 amide bonds. The van der Waals surface area contributed by atoms with Crippen molar-refractivity contribution in [2.45, 2.75) is 33.2 Å². The second-order valence-electron chi connectivity index (χ2n) is 7.76. The van der Waals surface area contributed by atoms with Crippen LogP contribution >= 0.6 is 0 Å². The molecule has 0 saturated carbocycles. The number of hydrogen-bond acceptors (Lipinski definition) is 4. The van der Waals surface area contributed by atoms with Gasteiger partial charge in [-0.2, -0.15) is 0 Å². The maximum absolute atomic E-state index is 15.3. The maximum Gasteiger partial charge on any atom is 0.337 e. The number of carbonyl (C=O) groups is 1. The predicted molar refractivity (Wildman–Crippen MR) is 105 cm³/mol. The van der Waals surface area contributed by atoms with Gasteiger partial charge in [-0.15, -0.1) is 0 Å². The molecule has 6 heteroatoms. The third-order valence-electron chi connectivity index (χ3n) is 5.76. The third kappa shape index (κ3) is 2.63. The molecular weight excluding hydrogens is 359 g/mol. The molecule has 1 aromatic heterocycles. The number of imidazole rings is 1. The first kappa shape index (κ1) is 18.6. The number of fused-ring (bicyclic) bond motifs is 1. The molecule has 1 aliphatic rings. The molecule has 3 aromatic rings. The highest BCUT2D eigenvalue weighted by molar-refractivity contribution is 5.94. The van der Waals surface area contributed by atoms with Crippen molar-refractivity contribution >= 4 is 17.0 Å². The molecule has 146 valence electrons. The first-order valence-corrected chi connectivity index (χ1v) is 9.22. The van der Waals surface area contributed by atoms with Gasteiger partial charge in [0.15, 0.2) is 0 Å². The lowest BCUT2D eigenvalue weighted by Gasteiger charge is -2.41. The minimum Gasteiger partial charge on any atom is -0.465 e. The van der Waals surface area contributed by atoms with E-state index >= 15 is 4.39 Å². The van der Waals surface area contributed by atoms with Gasteiger partial charge in [-0.1, -0.05) is 0 Å². The average molecular weight is 382 g/mol. The van der Waals surface area contributed by atoms with E-state index in [9.17, 15) is 4.79 Å². The highest BCUT2D eigenvalue weighted by atomic mass is 19.1. The topological polar surface area (TPSA) is 53.3 Å². The summed E-state index contributed by atoms with van der Waals surface area (Å²) in [6.45, 7) is 8.74. The molecule has 0 spiro atoms. The molecule has 1 aliphatic heterocycles. The second kappa shape index (κ2) is 6.41. The Hall–Kier alpha value is -2.73. The lowest BCUT2D eigenvalue weighted by molar-refractivity contribution is -0.0868. The lowest BCUT2D eigenvalue weighted by Crippen LogP contribution is -2.49. The molecular formula is C22H23FN2O3. The van der Waals surface area contributed by atoms with Crippen LogP contribution < -0.4 is 0 Å². The summed E-state index contributed by atoms with van der Waals surface area (Å²) in [6, 6.07) is 7.06. The summed E-state index contributed by atoms with van der Waals surface area (Å²) in [5.74, 6) is -0.136. The number of hydrogen-bond donors (Lipinski definition) is 0. The van der Waals surface area contributed by atoms with Crippen LogP contribution in [0, 0.1) is 26.6 Å². The van der Waals surface area contributed by atoms with E-state index in [-0.39, 0.29) is 11.4 Å². The van der Waals surface area contributed by atoms with Crippen molar-refractivity contribution in [1.29, 1.82) is 0 Å². The summed E-state index contributed by atoms with van der Waals surface area (Å²) < 4.78 is 27.6. The number of ether oxygens (including phenoxy) is 2. The highest BCUT2D eigenvalue weighted by Gasteiger charge is 2.39. The standard InChI is InChI=1S/C22H23FN2O3/c1-12-8-16(19(23)14(3)13(12)2)20-24-17-7-6-15(21(26)27-5)9-18(17)25(20)22(4)10-28-11-22/h6-9H,10-11H2,1-5H3. The van der Waals surface area contributed by atoms with Gasteiger partial charge in [0.2, 0.25) is 0 Å². The van der Waals surface area contributed by atoms with Gasteiger partial charge in [0.25, 0.3) is 0 Å². The number of carbonyl (C=O) groups excluding carboxylic acids is 1. The summed E-state index contributed by atoms with van der Waals surface area (Å²) >= 11 is 0. The molecule has 0 aliphatic carbocycles. The Kier molecular flexibility index (Phi) is 4.27. The van der Waals surface area contributed by atoms with Crippen LogP contribution in [0.15, 0.2) is 24.3 Å². The van der Waals surface area contributed by atoms with E-state index in [2.05, 4.69) is 6.92 Å². The number of aromatic nitrogens is 2. The molecule has 5 nitrogen and oxygen atoms in total. The summed E-state index contributed by atoms with van der Waals surface area (Å²) in [4.78, 5) is 16.8. The lowest BCUT2D eigenvalue weighted by atomic mass is 9.96. The fourth-order valence-electron chi connectivity index (χ4n) is 3.79. The van der Waals surface area contributed by atoms with Crippen LogP contribution in [0.3, 0.4) is 0 Å². The normalized spacial score (nSPS) is 15.5. The van der Waals surface area contributed by atoms with E-state index in [1.165, 1.54) is 7.11 Å². The van der Waals surface area contributed by atoms with Crippen molar-refractivity contribution in [2.75, 3.05) is 20.3 Å². The largest absolute Gasteiger partial charge is 0.465 e. The van der Waals surface area contributed by atoms with Gasteiger partial charge in [-0.05, 0) is 68.7 Å². The Bertz CT molecular complexity index is 1110. The zero-order chi connectivity index (χ0) is 20.2. The van der Waals surface area contributed by atoms with Crippen LogP contribution in [0.25, 0.3) is 22.4 Å². The monoisotopic (exact) mass is 382 g/mol. The van der Waals surface area contributed by atoms with Crippen LogP contribution in [0.5, 0.6) is 0 Å². The Morgan fingerprint density at radius 1 is 1.21 bits per heavy atom. The van der Waals surface area contributed by atoms with Gasteiger partial charge in [0, 0.05) is 0 Å². The molecule has 2 aromatic carbocycles. The summed E-state index contributed by atoms with van der Waals surface area (Å²) in [6.07, 6.45) is 0. The van der Waals surface area contributed by atoms with E-state index in [0.29, 0.717) is 41.2 Å². The maximum atomic E-state index is 15.3. The SMILES string of the molecule is COC(=O)c1ccc2nc(-c3cc(C)c(C)c(C)c3F)n(C3(C)COC3)c2c1. The predicted octanol–water partition coefficient (Wildman–Crippen LogP) is 4.30. The van der Waals surface area contributed by atoms with E-state index in [1.54, 1.807) is 25.1 Å². The number of aryl methyl sites for hydroxylation is 1. The number of halogens is 1. The summed E-state index contributed by atoms with van der Waals surface area (Å²) in [5, 5.41) is 0. The molecule has 1 saturated heterocycles. The van der Waals surface area contributed by atoms with Crippen molar-refractivity contribution in [3.05, 3.63) is 52.3 Å². The van der Waals surface area contributed by atoms with E-state index < -0.39 is 5.97 Å². The molecule has 0 unspecified atom stereocenters. The van der Waals surface area contributed by atoms with Crippen LogP contribution in [-0.4, -0.2) is 35.8 Å². The van der Waals surface area contributed by atoms with Gasteiger partial charge in [0.1, 0.15) is 11.6 Å². The Balaban J connectivity index is 2.04. The molecule has 0 radical (unpaired) electrons. The van der Waals surface area contributed by atoms with Gasteiger partial charge in [-0.25, -0.2) is 14.2 Å². The molecule has 1 fully saturated rings. The second-order valence-corrected chi connectivity index (χ2v) is 7.76. The molecule has 2 heterocycles. The highest BCUT2D eigenvalue weighted by Crippen LogP contribution is 2.38. The third-order valence-corrected chi connectivity index (χ3v) is 5.76. The van der Waals surface area contributed by atoms with Crippen LogP contribution in [0.2, 0.25) is 0 Å². The summed E-state index contributed by atoms with van der Waals surface area (Å²) in [5.41, 5.74) is 4.57. The number of methoxy groups -OCH3 is 1. The molecule has 0 bridgehead atoms. The average Bonchev–Trinajstić information content (AvgIpc) is 3.05. The van der Waals surface area contributed by atoms with Gasteiger partial charge in [-0.3, -0.25) is 0 Å². The minimum atomic E-state index is -0.417. The van der Waals surface area contributed by atoms with Crippen molar-refractivity contribution < 1.29 is 18.7 Å².